The lowest BCUT2D eigenvalue weighted by molar-refractivity contribution is -0.139. The monoisotopic (exact) mass is 329 g/mol. The second-order valence-electron chi connectivity index (χ2n) is 8.06. The van der Waals surface area contributed by atoms with Crippen molar-refractivity contribution >= 4 is 11.8 Å². The minimum absolute atomic E-state index is 0.112. The minimum atomic E-state index is 0.112. The molecule has 3 fully saturated rings. The maximum Gasteiger partial charge on any atom is 0.255 e. The largest absolute Gasteiger partial charge is 0.365 e. The molecule has 0 radical (unpaired) electrons. The van der Waals surface area contributed by atoms with E-state index in [1.54, 1.807) is 0 Å². The van der Waals surface area contributed by atoms with E-state index < -0.39 is 0 Å². The SMILES string of the molecule is Cc1[nH]ccc1C(=O)N1CCC[C@]2(CCC(=O)N(CC3CC3)C2)C1. The fourth-order valence-electron chi connectivity index (χ4n) is 4.45. The lowest BCUT2D eigenvalue weighted by atomic mass is 9.73. The van der Waals surface area contributed by atoms with Crippen molar-refractivity contribution < 1.29 is 9.59 Å². The zero-order chi connectivity index (χ0) is 16.7. The van der Waals surface area contributed by atoms with Crippen molar-refractivity contribution in [2.24, 2.45) is 11.3 Å². The van der Waals surface area contributed by atoms with Crippen molar-refractivity contribution in [2.45, 2.75) is 45.4 Å². The number of piperidine rings is 2. The van der Waals surface area contributed by atoms with Gasteiger partial charge in [-0.25, -0.2) is 0 Å². The van der Waals surface area contributed by atoms with Crippen LogP contribution in [0, 0.1) is 18.3 Å². The first-order valence-electron chi connectivity index (χ1n) is 9.27. The van der Waals surface area contributed by atoms with Crippen LogP contribution in [0.5, 0.6) is 0 Å². The van der Waals surface area contributed by atoms with E-state index in [0.717, 1.165) is 62.6 Å². The molecule has 1 spiro atoms. The van der Waals surface area contributed by atoms with E-state index in [4.69, 9.17) is 0 Å². The van der Waals surface area contributed by atoms with E-state index in [2.05, 4.69) is 9.88 Å². The summed E-state index contributed by atoms with van der Waals surface area (Å²) in [5.41, 5.74) is 1.84. The number of amides is 2. The van der Waals surface area contributed by atoms with E-state index in [-0.39, 0.29) is 11.3 Å². The molecule has 5 heteroatoms. The molecule has 1 aliphatic carbocycles. The Hall–Kier alpha value is -1.78. The molecule has 2 amide bonds. The lowest BCUT2D eigenvalue weighted by Crippen LogP contribution is -2.55. The number of carbonyl (C=O) groups excluding carboxylic acids is 2. The van der Waals surface area contributed by atoms with Gasteiger partial charge in [-0.2, -0.15) is 0 Å². The fourth-order valence-corrected chi connectivity index (χ4v) is 4.45. The van der Waals surface area contributed by atoms with Crippen LogP contribution in [0.4, 0.5) is 0 Å². The number of rotatable bonds is 3. The standard InChI is InChI=1S/C19H27N3O2/c1-14-16(6-9-20-14)18(24)21-10-2-7-19(12-21)8-5-17(23)22(13-19)11-15-3-4-15/h6,9,15,20H,2-5,7-8,10-13H2,1H3/t19-/m0/s1. The molecule has 130 valence electrons. The van der Waals surface area contributed by atoms with Crippen molar-refractivity contribution in [3.63, 3.8) is 0 Å². The second-order valence-corrected chi connectivity index (χ2v) is 8.06. The Morgan fingerprint density at radius 1 is 1.33 bits per heavy atom. The summed E-state index contributed by atoms with van der Waals surface area (Å²) in [4.78, 5) is 32.4. The molecule has 1 atom stereocenters. The predicted molar refractivity (Wildman–Crippen MR) is 91.6 cm³/mol. The van der Waals surface area contributed by atoms with Crippen LogP contribution in [-0.4, -0.2) is 52.8 Å². The number of likely N-dealkylation sites (tertiary alicyclic amines) is 2. The summed E-state index contributed by atoms with van der Waals surface area (Å²) in [6.07, 6.45) is 8.14. The molecular formula is C19H27N3O2. The number of aryl methyl sites for hydroxylation is 1. The van der Waals surface area contributed by atoms with Crippen LogP contribution in [0.2, 0.25) is 0 Å². The van der Waals surface area contributed by atoms with Gasteiger partial charge in [-0.15, -0.1) is 0 Å². The van der Waals surface area contributed by atoms with Gasteiger partial charge in [-0.1, -0.05) is 0 Å². The van der Waals surface area contributed by atoms with Gasteiger partial charge < -0.3 is 14.8 Å². The first-order chi connectivity index (χ1) is 11.6. The van der Waals surface area contributed by atoms with Crippen molar-refractivity contribution in [1.29, 1.82) is 0 Å². The molecule has 1 saturated carbocycles. The zero-order valence-corrected chi connectivity index (χ0v) is 14.5. The van der Waals surface area contributed by atoms with Crippen molar-refractivity contribution in [3.05, 3.63) is 23.5 Å². The van der Waals surface area contributed by atoms with E-state index >= 15 is 0 Å². The molecule has 24 heavy (non-hydrogen) atoms. The first-order valence-corrected chi connectivity index (χ1v) is 9.27. The van der Waals surface area contributed by atoms with E-state index in [1.807, 2.05) is 24.1 Å². The summed E-state index contributed by atoms with van der Waals surface area (Å²) in [6, 6.07) is 1.88. The van der Waals surface area contributed by atoms with Crippen LogP contribution in [0.3, 0.4) is 0 Å². The first kappa shape index (κ1) is 15.7. The molecule has 2 aliphatic heterocycles. The Balaban J connectivity index is 1.48. The van der Waals surface area contributed by atoms with Gasteiger partial charge >= 0.3 is 0 Å². The molecule has 1 aromatic heterocycles. The van der Waals surface area contributed by atoms with Crippen molar-refractivity contribution in [3.8, 4) is 0 Å². The Bertz CT molecular complexity index is 649. The van der Waals surface area contributed by atoms with Crippen molar-refractivity contribution in [2.75, 3.05) is 26.2 Å². The maximum atomic E-state index is 12.9. The third-order valence-electron chi connectivity index (χ3n) is 6.06. The summed E-state index contributed by atoms with van der Waals surface area (Å²) in [5.74, 6) is 1.18. The molecule has 0 unspecified atom stereocenters. The summed E-state index contributed by atoms with van der Waals surface area (Å²) in [6.45, 7) is 5.36. The molecule has 2 saturated heterocycles. The average molecular weight is 329 g/mol. The quantitative estimate of drug-likeness (QED) is 0.926. The van der Waals surface area contributed by atoms with E-state index in [9.17, 15) is 9.59 Å². The van der Waals surface area contributed by atoms with E-state index in [1.165, 1.54) is 12.8 Å². The number of carbonyl (C=O) groups is 2. The smallest absolute Gasteiger partial charge is 0.255 e. The number of aromatic nitrogens is 1. The molecule has 0 aromatic carbocycles. The molecular weight excluding hydrogens is 302 g/mol. The third-order valence-corrected chi connectivity index (χ3v) is 6.06. The predicted octanol–water partition coefficient (Wildman–Crippen LogP) is 2.58. The Labute approximate surface area is 143 Å². The normalized spacial score (nSPS) is 27.8. The fraction of sp³-hybridized carbons (Fsp3) is 0.684. The third kappa shape index (κ3) is 2.96. The maximum absolute atomic E-state index is 12.9. The highest BCUT2D eigenvalue weighted by Crippen LogP contribution is 2.41. The van der Waals surface area contributed by atoms with Crippen LogP contribution >= 0.6 is 0 Å². The number of nitrogens with one attached hydrogen (secondary N) is 1. The van der Waals surface area contributed by atoms with Gasteiger partial charge in [0.05, 0.1) is 5.56 Å². The van der Waals surface area contributed by atoms with Gasteiger partial charge in [0.2, 0.25) is 5.91 Å². The number of aromatic amines is 1. The highest BCUT2D eigenvalue weighted by atomic mass is 16.2. The summed E-state index contributed by atoms with van der Waals surface area (Å²) in [7, 11) is 0. The molecule has 3 aliphatic rings. The molecule has 5 nitrogen and oxygen atoms in total. The van der Waals surface area contributed by atoms with Gasteiger partial charge in [-0.05, 0) is 51.0 Å². The van der Waals surface area contributed by atoms with Gasteiger partial charge in [0.15, 0.2) is 0 Å². The topological polar surface area (TPSA) is 56.4 Å². The van der Waals surface area contributed by atoms with Crippen LogP contribution < -0.4 is 0 Å². The summed E-state index contributed by atoms with van der Waals surface area (Å²) < 4.78 is 0. The van der Waals surface area contributed by atoms with Crippen molar-refractivity contribution in [1.82, 2.24) is 14.8 Å². The number of hydrogen-bond acceptors (Lipinski definition) is 2. The summed E-state index contributed by atoms with van der Waals surface area (Å²) >= 11 is 0. The molecule has 0 bridgehead atoms. The molecule has 3 heterocycles. The second kappa shape index (κ2) is 5.94. The van der Waals surface area contributed by atoms with Crippen LogP contribution in [-0.2, 0) is 4.79 Å². The van der Waals surface area contributed by atoms with E-state index in [0.29, 0.717) is 12.3 Å². The highest BCUT2D eigenvalue weighted by Gasteiger charge is 2.43. The van der Waals surface area contributed by atoms with Gasteiger partial charge in [0.25, 0.3) is 5.91 Å². The molecule has 1 aromatic rings. The van der Waals surface area contributed by atoms with Gasteiger partial charge in [0.1, 0.15) is 0 Å². The molecule has 4 rings (SSSR count). The number of nitrogens with zero attached hydrogens (tertiary/aromatic N) is 2. The van der Waals surface area contributed by atoms with Crippen LogP contribution in [0.15, 0.2) is 12.3 Å². The molecule has 1 N–H and O–H groups in total. The number of H-pyrrole nitrogens is 1. The Morgan fingerprint density at radius 2 is 2.17 bits per heavy atom. The van der Waals surface area contributed by atoms with Crippen LogP contribution in [0.1, 0.15) is 54.6 Å². The van der Waals surface area contributed by atoms with Gasteiger partial charge in [0, 0.05) is 49.9 Å². The average Bonchev–Trinajstić information content (AvgIpc) is 3.29. The summed E-state index contributed by atoms with van der Waals surface area (Å²) in [5, 5.41) is 0. The zero-order valence-electron chi connectivity index (χ0n) is 14.5. The van der Waals surface area contributed by atoms with Gasteiger partial charge in [-0.3, -0.25) is 9.59 Å². The highest BCUT2D eigenvalue weighted by molar-refractivity contribution is 5.95. The lowest BCUT2D eigenvalue weighted by Gasteiger charge is -2.48. The Morgan fingerprint density at radius 3 is 2.88 bits per heavy atom. The van der Waals surface area contributed by atoms with Crippen LogP contribution in [0.25, 0.3) is 0 Å². The Kier molecular flexibility index (Phi) is 3.89. The minimum Gasteiger partial charge on any atom is -0.365 e. The number of hydrogen-bond donors (Lipinski definition) is 1.